The van der Waals surface area contributed by atoms with Crippen LogP contribution in [-0.4, -0.2) is 16.5 Å². The van der Waals surface area contributed by atoms with Crippen LogP contribution in [0.1, 0.15) is 31.5 Å². The molecule has 0 saturated carbocycles. The predicted molar refractivity (Wildman–Crippen MR) is 77.2 cm³/mol. The minimum absolute atomic E-state index is 0.150. The molecule has 0 unspecified atom stereocenters. The molecule has 4 heteroatoms. The summed E-state index contributed by atoms with van der Waals surface area (Å²) in [4.78, 5) is 8.90. The normalized spacial score (nSPS) is 11.5. The van der Waals surface area contributed by atoms with Crippen molar-refractivity contribution in [3.63, 3.8) is 0 Å². The minimum Gasteiger partial charge on any atom is -0.370 e. The highest BCUT2D eigenvalue weighted by Crippen LogP contribution is 2.25. The third kappa shape index (κ3) is 3.53. The first-order valence-electron chi connectivity index (χ1n) is 6.15. The van der Waals surface area contributed by atoms with Crippen molar-refractivity contribution in [2.24, 2.45) is 0 Å². The summed E-state index contributed by atoms with van der Waals surface area (Å²) in [5.74, 6) is 0.920. The lowest BCUT2D eigenvalue weighted by Gasteiger charge is -2.13. The lowest BCUT2D eigenvalue weighted by Crippen LogP contribution is -2.11. The quantitative estimate of drug-likeness (QED) is 0.915. The van der Waals surface area contributed by atoms with Crippen LogP contribution >= 0.6 is 11.3 Å². The standard InChI is InChI=1S/C14H19N3S/c1-14(2,3)13-17-11(10-18-13)7-9-16-12-6-4-5-8-15-12/h4-6,8,10H,7,9H2,1-3H3,(H,15,16). The van der Waals surface area contributed by atoms with Gasteiger partial charge >= 0.3 is 0 Å². The number of nitrogens with zero attached hydrogens (tertiary/aromatic N) is 2. The summed E-state index contributed by atoms with van der Waals surface area (Å²) in [6, 6.07) is 5.87. The zero-order chi connectivity index (χ0) is 13.0. The van der Waals surface area contributed by atoms with Gasteiger partial charge in [-0.2, -0.15) is 0 Å². The number of anilines is 1. The van der Waals surface area contributed by atoms with Crippen LogP contribution in [0.15, 0.2) is 29.8 Å². The van der Waals surface area contributed by atoms with E-state index < -0.39 is 0 Å². The van der Waals surface area contributed by atoms with Gasteiger partial charge in [-0.3, -0.25) is 0 Å². The highest BCUT2D eigenvalue weighted by Gasteiger charge is 2.17. The van der Waals surface area contributed by atoms with E-state index in [0.717, 1.165) is 24.5 Å². The van der Waals surface area contributed by atoms with Gasteiger partial charge in [0.1, 0.15) is 5.82 Å². The minimum atomic E-state index is 0.150. The number of rotatable bonds is 4. The lowest BCUT2D eigenvalue weighted by molar-refractivity contribution is 0.583. The maximum absolute atomic E-state index is 4.67. The molecular weight excluding hydrogens is 242 g/mol. The molecule has 2 heterocycles. The molecule has 2 aromatic heterocycles. The van der Waals surface area contributed by atoms with Crippen LogP contribution in [0.4, 0.5) is 5.82 Å². The van der Waals surface area contributed by atoms with Crippen molar-refractivity contribution in [2.45, 2.75) is 32.6 Å². The third-order valence-electron chi connectivity index (χ3n) is 2.55. The van der Waals surface area contributed by atoms with Crippen molar-refractivity contribution < 1.29 is 0 Å². The molecule has 0 bridgehead atoms. The van der Waals surface area contributed by atoms with Gasteiger partial charge in [0.05, 0.1) is 10.7 Å². The van der Waals surface area contributed by atoms with Gasteiger partial charge < -0.3 is 5.32 Å². The number of thiazole rings is 1. The number of hydrogen-bond donors (Lipinski definition) is 1. The molecule has 0 aliphatic heterocycles. The largest absolute Gasteiger partial charge is 0.370 e. The number of aromatic nitrogens is 2. The Hall–Kier alpha value is -1.42. The van der Waals surface area contributed by atoms with Crippen LogP contribution in [0.2, 0.25) is 0 Å². The van der Waals surface area contributed by atoms with Crippen LogP contribution in [0.3, 0.4) is 0 Å². The average Bonchev–Trinajstić information content (AvgIpc) is 2.79. The van der Waals surface area contributed by atoms with Crippen molar-refractivity contribution in [1.29, 1.82) is 0 Å². The molecule has 0 aliphatic carbocycles. The van der Waals surface area contributed by atoms with Gasteiger partial charge in [0.15, 0.2) is 0 Å². The van der Waals surface area contributed by atoms with E-state index in [-0.39, 0.29) is 5.41 Å². The summed E-state index contributed by atoms with van der Waals surface area (Å²) in [5.41, 5.74) is 1.31. The maximum Gasteiger partial charge on any atom is 0.125 e. The molecule has 0 saturated heterocycles. The van der Waals surface area contributed by atoms with Crippen molar-refractivity contribution in [1.82, 2.24) is 9.97 Å². The third-order valence-corrected chi connectivity index (χ3v) is 3.86. The molecule has 96 valence electrons. The summed E-state index contributed by atoms with van der Waals surface area (Å²) >= 11 is 1.75. The van der Waals surface area contributed by atoms with Crippen molar-refractivity contribution in [3.8, 4) is 0 Å². The van der Waals surface area contributed by atoms with Crippen molar-refractivity contribution in [3.05, 3.63) is 40.5 Å². The summed E-state index contributed by atoms with van der Waals surface area (Å²) in [6.45, 7) is 7.45. The Bertz CT molecular complexity index is 485. The molecular formula is C14H19N3S. The highest BCUT2D eigenvalue weighted by atomic mass is 32.1. The van der Waals surface area contributed by atoms with Gasteiger partial charge in [0.25, 0.3) is 0 Å². The Labute approximate surface area is 112 Å². The van der Waals surface area contributed by atoms with Gasteiger partial charge in [0.2, 0.25) is 0 Å². The fourth-order valence-corrected chi connectivity index (χ4v) is 2.49. The van der Waals surface area contributed by atoms with E-state index in [9.17, 15) is 0 Å². The Morgan fingerprint density at radius 2 is 2.11 bits per heavy atom. The zero-order valence-corrected chi connectivity index (χ0v) is 11.9. The summed E-state index contributed by atoms with van der Waals surface area (Å²) in [7, 11) is 0. The van der Waals surface area contributed by atoms with Crippen molar-refractivity contribution >= 4 is 17.2 Å². The lowest BCUT2D eigenvalue weighted by atomic mass is 9.98. The van der Waals surface area contributed by atoms with E-state index >= 15 is 0 Å². The average molecular weight is 261 g/mol. The highest BCUT2D eigenvalue weighted by molar-refractivity contribution is 7.09. The second-order valence-electron chi connectivity index (χ2n) is 5.29. The number of nitrogens with one attached hydrogen (secondary N) is 1. The predicted octanol–water partition coefficient (Wildman–Crippen LogP) is 3.49. The van der Waals surface area contributed by atoms with E-state index in [2.05, 4.69) is 41.4 Å². The van der Waals surface area contributed by atoms with Gasteiger partial charge in [-0.15, -0.1) is 11.3 Å². The fraction of sp³-hybridized carbons (Fsp3) is 0.429. The smallest absolute Gasteiger partial charge is 0.125 e. The van der Waals surface area contributed by atoms with E-state index in [1.165, 1.54) is 5.01 Å². The molecule has 0 aromatic carbocycles. The zero-order valence-electron chi connectivity index (χ0n) is 11.1. The molecule has 2 aromatic rings. The molecule has 0 spiro atoms. The molecule has 0 fully saturated rings. The first-order chi connectivity index (χ1) is 8.55. The molecule has 0 amide bonds. The fourth-order valence-electron chi connectivity index (χ4n) is 1.55. The molecule has 0 aliphatic rings. The van der Waals surface area contributed by atoms with Crippen LogP contribution in [-0.2, 0) is 11.8 Å². The number of pyridine rings is 1. The summed E-state index contributed by atoms with van der Waals surface area (Å²) in [6.07, 6.45) is 2.73. The van der Waals surface area contributed by atoms with Gasteiger partial charge in [-0.25, -0.2) is 9.97 Å². The topological polar surface area (TPSA) is 37.8 Å². The second-order valence-corrected chi connectivity index (χ2v) is 6.14. The van der Waals surface area contributed by atoms with E-state index in [0.29, 0.717) is 0 Å². The Kier molecular flexibility index (Phi) is 3.97. The monoisotopic (exact) mass is 261 g/mol. The van der Waals surface area contributed by atoms with Crippen LogP contribution in [0.25, 0.3) is 0 Å². The van der Waals surface area contributed by atoms with E-state index in [1.54, 1.807) is 17.5 Å². The molecule has 0 radical (unpaired) electrons. The second kappa shape index (κ2) is 5.48. The summed E-state index contributed by atoms with van der Waals surface area (Å²) in [5, 5.41) is 6.65. The van der Waals surface area contributed by atoms with Crippen LogP contribution < -0.4 is 5.32 Å². The SMILES string of the molecule is CC(C)(C)c1nc(CCNc2ccccn2)cs1. The number of hydrogen-bond acceptors (Lipinski definition) is 4. The Morgan fingerprint density at radius 3 is 2.72 bits per heavy atom. The summed E-state index contributed by atoms with van der Waals surface area (Å²) < 4.78 is 0. The first kappa shape index (κ1) is 13.0. The first-order valence-corrected chi connectivity index (χ1v) is 7.03. The molecule has 18 heavy (non-hydrogen) atoms. The molecule has 1 N–H and O–H groups in total. The molecule has 2 rings (SSSR count). The Morgan fingerprint density at radius 1 is 1.28 bits per heavy atom. The molecule has 3 nitrogen and oxygen atoms in total. The van der Waals surface area contributed by atoms with E-state index in [1.807, 2.05) is 18.2 Å². The molecule has 0 atom stereocenters. The van der Waals surface area contributed by atoms with Crippen LogP contribution in [0, 0.1) is 0 Å². The van der Waals surface area contributed by atoms with Crippen molar-refractivity contribution in [2.75, 3.05) is 11.9 Å². The Balaban J connectivity index is 1.86. The van der Waals surface area contributed by atoms with Gasteiger partial charge in [-0.05, 0) is 12.1 Å². The van der Waals surface area contributed by atoms with Gasteiger partial charge in [-0.1, -0.05) is 26.8 Å². The van der Waals surface area contributed by atoms with E-state index in [4.69, 9.17) is 0 Å². The van der Waals surface area contributed by atoms with Crippen LogP contribution in [0.5, 0.6) is 0 Å². The maximum atomic E-state index is 4.67. The van der Waals surface area contributed by atoms with Gasteiger partial charge in [0, 0.05) is 30.0 Å².